The number of nitro groups is 2. The highest BCUT2D eigenvalue weighted by Crippen LogP contribution is 2.51. The smallest absolute Gasteiger partial charge is 0.258 e. The van der Waals surface area contributed by atoms with E-state index in [1.54, 1.807) is 36.4 Å². The number of rotatable bonds is 6. The largest absolute Gasteiger partial charge is 0.286 e. The Bertz CT molecular complexity index is 804. The normalized spacial score (nSPS) is 16.6. The summed E-state index contributed by atoms with van der Waals surface area (Å²) in [7, 11) is 0. The molecule has 0 amide bonds. The summed E-state index contributed by atoms with van der Waals surface area (Å²) in [5, 5.41) is 23.3. The van der Waals surface area contributed by atoms with Crippen LogP contribution >= 0.6 is 11.8 Å². The van der Waals surface area contributed by atoms with Gasteiger partial charge < -0.3 is 0 Å². The van der Waals surface area contributed by atoms with E-state index in [0.717, 1.165) is 48.6 Å². The second-order valence-electron chi connectivity index (χ2n) is 6.55. The molecule has 0 N–H and O–H groups in total. The predicted molar refractivity (Wildman–Crippen MR) is 94.3 cm³/mol. The van der Waals surface area contributed by atoms with Crippen molar-refractivity contribution in [3.05, 3.63) is 67.8 Å². The average molecular weight is 356 g/mol. The molecule has 0 aromatic heterocycles. The number of nitro benzene ring substituents is 2. The number of hydrogen-bond acceptors (Lipinski definition) is 5. The fraction of sp³-hybridized carbons (Fsp3) is 0.333. The Morgan fingerprint density at radius 2 is 1.16 bits per heavy atom. The Morgan fingerprint density at radius 3 is 1.48 bits per heavy atom. The molecule has 0 unspecified atom stereocenters. The van der Waals surface area contributed by atoms with Crippen molar-refractivity contribution < 1.29 is 9.85 Å². The first-order valence-electron chi connectivity index (χ1n) is 8.28. The second kappa shape index (κ2) is 6.15. The molecule has 2 aliphatic rings. The van der Waals surface area contributed by atoms with Crippen LogP contribution in [-0.4, -0.2) is 9.85 Å². The maximum Gasteiger partial charge on any atom is 0.286 e. The van der Waals surface area contributed by atoms with Crippen LogP contribution in [0.1, 0.15) is 48.6 Å². The summed E-state index contributed by atoms with van der Waals surface area (Å²) in [6.45, 7) is 0. The highest BCUT2D eigenvalue weighted by Gasteiger charge is 2.35. The van der Waals surface area contributed by atoms with Crippen molar-refractivity contribution in [2.75, 3.05) is 0 Å². The van der Waals surface area contributed by atoms with Crippen molar-refractivity contribution >= 4 is 23.1 Å². The van der Waals surface area contributed by atoms with E-state index in [9.17, 15) is 20.2 Å². The van der Waals surface area contributed by atoms with Gasteiger partial charge in [-0.25, -0.2) is 0 Å². The molecule has 0 spiro atoms. The monoisotopic (exact) mass is 356 g/mol. The summed E-state index contributed by atoms with van der Waals surface area (Å²) >= 11 is 1.13. The summed E-state index contributed by atoms with van der Waals surface area (Å²) < 4.78 is 0. The van der Waals surface area contributed by atoms with E-state index < -0.39 is 0 Å². The Hall–Kier alpha value is -2.41. The minimum Gasteiger partial charge on any atom is -0.258 e. The van der Waals surface area contributed by atoms with Gasteiger partial charge in [0, 0.05) is 11.1 Å². The summed E-state index contributed by atoms with van der Waals surface area (Å²) in [6.07, 6.45) is 3.86. The summed E-state index contributed by atoms with van der Waals surface area (Å²) in [5.74, 6) is 0.488. The van der Waals surface area contributed by atoms with Gasteiger partial charge in [-0.2, -0.15) is 0 Å². The zero-order valence-electron chi connectivity index (χ0n) is 13.4. The van der Waals surface area contributed by atoms with E-state index in [4.69, 9.17) is 0 Å². The molecule has 0 bridgehead atoms. The van der Waals surface area contributed by atoms with Gasteiger partial charge in [-0.05, 0) is 49.7 Å². The van der Waals surface area contributed by atoms with Gasteiger partial charge in [0.2, 0.25) is 0 Å². The summed E-state index contributed by atoms with van der Waals surface area (Å²) in [5.41, 5.74) is 1.69. The maximum absolute atomic E-state index is 11.6. The molecule has 25 heavy (non-hydrogen) atoms. The van der Waals surface area contributed by atoms with Gasteiger partial charge in [0.1, 0.15) is 0 Å². The van der Waals surface area contributed by atoms with E-state index in [-0.39, 0.29) is 33.1 Å². The van der Waals surface area contributed by atoms with Crippen LogP contribution in [0.4, 0.5) is 11.4 Å². The molecule has 6 nitrogen and oxygen atoms in total. The Labute approximate surface area is 148 Å². The zero-order valence-corrected chi connectivity index (χ0v) is 14.2. The van der Waals surface area contributed by atoms with Gasteiger partial charge in [0.15, 0.2) is 0 Å². The molecule has 2 saturated carbocycles. The van der Waals surface area contributed by atoms with Crippen LogP contribution in [0.3, 0.4) is 0 Å². The molecule has 0 heterocycles. The van der Waals surface area contributed by atoms with Gasteiger partial charge in [0.25, 0.3) is 11.4 Å². The average Bonchev–Trinajstić information content (AvgIpc) is 3.47. The lowest BCUT2D eigenvalue weighted by molar-refractivity contribution is -0.389. The number of benzene rings is 2. The van der Waals surface area contributed by atoms with Crippen LogP contribution in [-0.2, 0) is 0 Å². The quantitative estimate of drug-likeness (QED) is 0.510. The maximum atomic E-state index is 11.6. The van der Waals surface area contributed by atoms with E-state index in [2.05, 4.69) is 0 Å². The van der Waals surface area contributed by atoms with Crippen LogP contribution in [0.25, 0.3) is 0 Å². The first-order valence-corrected chi connectivity index (χ1v) is 9.10. The van der Waals surface area contributed by atoms with Gasteiger partial charge >= 0.3 is 0 Å². The van der Waals surface area contributed by atoms with Crippen LogP contribution in [0.2, 0.25) is 0 Å². The van der Waals surface area contributed by atoms with E-state index in [0.29, 0.717) is 9.79 Å². The van der Waals surface area contributed by atoms with Crippen LogP contribution < -0.4 is 0 Å². The van der Waals surface area contributed by atoms with Crippen LogP contribution in [0, 0.1) is 20.2 Å². The molecule has 0 atom stereocenters. The van der Waals surface area contributed by atoms with Gasteiger partial charge in [0.05, 0.1) is 19.6 Å². The Balaban J connectivity index is 1.78. The fourth-order valence-electron chi connectivity index (χ4n) is 3.20. The van der Waals surface area contributed by atoms with Crippen molar-refractivity contribution in [3.8, 4) is 0 Å². The van der Waals surface area contributed by atoms with Gasteiger partial charge in [-0.1, -0.05) is 36.0 Å². The zero-order chi connectivity index (χ0) is 17.6. The molecule has 0 radical (unpaired) electrons. The number of nitrogens with zero attached hydrogens (tertiary/aromatic N) is 2. The lowest BCUT2D eigenvalue weighted by Gasteiger charge is -2.09. The Kier molecular flexibility index (Phi) is 3.95. The first-order chi connectivity index (χ1) is 12.1. The minimum absolute atomic E-state index is 0.0983. The molecule has 2 aromatic carbocycles. The predicted octanol–water partition coefficient (Wildman–Crippen LogP) is 5.41. The van der Waals surface area contributed by atoms with Gasteiger partial charge in [-0.3, -0.25) is 20.2 Å². The standard InChI is InChI=1S/C18H16N2O4S/c21-19(22)17-13(11-7-8-11)3-1-5-15(17)25-16-6-2-4-14(12-9-10-12)18(16)20(23)24/h1-6,11-12H,7-10H2. The summed E-state index contributed by atoms with van der Waals surface area (Å²) in [6, 6.07) is 10.6. The second-order valence-corrected chi connectivity index (χ2v) is 7.64. The third kappa shape index (κ3) is 3.11. The summed E-state index contributed by atoms with van der Waals surface area (Å²) in [4.78, 5) is 23.5. The molecule has 7 heteroatoms. The lowest BCUT2D eigenvalue weighted by Crippen LogP contribution is -1.99. The molecular weight excluding hydrogens is 340 g/mol. The minimum atomic E-state index is -0.355. The van der Waals surface area contributed by atoms with Crippen molar-refractivity contribution in [2.45, 2.75) is 47.3 Å². The molecule has 0 aliphatic heterocycles. The van der Waals surface area contributed by atoms with Crippen LogP contribution in [0.5, 0.6) is 0 Å². The molecular formula is C18H16N2O4S. The Morgan fingerprint density at radius 1 is 0.760 bits per heavy atom. The van der Waals surface area contributed by atoms with Crippen molar-refractivity contribution in [1.82, 2.24) is 0 Å². The first kappa shape index (κ1) is 16.1. The molecule has 128 valence electrons. The fourth-order valence-corrected chi connectivity index (χ4v) is 4.31. The SMILES string of the molecule is O=[N+]([O-])c1c(Sc2cccc(C3CC3)c2[N+](=O)[O-])cccc1C1CC1. The van der Waals surface area contributed by atoms with Crippen LogP contribution in [0.15, 0.2) is 46.2 Å². The molecule has 2 aromatic rings. The molecule has 0 saturated heterocycles. The topological polar surface area (TPSA) is 86.3 Å². The van der Waals surface area contributed by atoms with Crippen molar-refractivity contribution in [1.29, 1.82) is 0 Å². The van der Waals surface area contributed by atoms with E-state index in [1.165, 1.54) is 0 Å². The molecule has 4 rings (SSSR count). The van der Waals surface area contributed by atoms with Gasteiger partial charge in [-0.15, -0.1) is 0 Å². The number of hydrogen-bond donors (Lipinski definition) is 0. The third-order valence-electron chi connectivity index (χ3n) is 4.68. The number of para-hydroxylation sites is 2. The third-order valence-corrected chi connectivity index (χ3v) is 5.78. The highest BCUT2D eigenvalue weighted by atomic mass is 32.2. The van der Waals surface area contributed by atoms with E-state index in [1.807, 2.05) is 0 Å². The highest BCUT2D eigenvalue weighted by molar-refractivity contribution is 7.99. The van der Waals surface area contributed by atoms with Crippen molar-refractivity contribution in [2.24, 2.45) is 0 Å². The van der Waals surface area contributed by atoms with Crippen molar-refractivity contribution in [3.63, 3.8) is 0 Å². The van der Waals surface area contributed by atoms with E-state index >= 15 is 0 Å². The lowest BCUT2D eigenvalue weighted by atomic mass is 10.1. The molecule has 2 fully saturated rings. The molecule has 2 aliphatic carbocycles.